The van der Waals surface area contributed by atoms with Crippen molar-refractivity contribution in [1.82, 2.24) is 5.32 Å². The van der Waals surface area contributed by atoms with Crippen molar-refractivity contribution in [1.29, 1.82) is 5.26 Å². The predicted octanol–water partition coefficient (Wildman–Crippen LogP) is 5.37. The molecule has 0 bridgehead atoms. The second kappa shape index (κ2) is 12.2. The Morgan fingerprint density at radius 2 is 1.61 bits per heavy atom. The molecule has 1 atom stereocenters. The highest BCUT2D eigenvalue weighted by Crippen LogP contribution is 2.23. The second-order valence-electron chi connectivity index (χ2n) is 8.38. The molecule has 0 saturated carbocycles. The van der Waals surface area contributed by atoms with Crippen LogP contribution in [0.25, 0.3) is 11.1 Å². The van der Waals surface area contributed by atoms with Crippen LogP contribution in [0, 0.1) is 11.5 Å². The average molecular weight is 479 g/mol. The van der Waals surface area contributed by atoms with Crippen molar-refractivity contribution in [3.8, 4) is 23.1 Å². The third kappa shape index (κ3) is 6.71. The van der Waals surface area contributed by atoms with Gasteiger partial charge in [0.2, 0.25) is 0 Å². The molecule has 0 heterocycles. The molecule has 0 aliphatic heterocycles. The summed E-state index contributed by atoms with van der Waals surface area (Å²) in [5.41, 5.74) is 4.36. The molecule has 1 unspecified atom stereocenters. The number of hydrogen-bond acceptors (Lipinski definition) is 5. The Morgan fingerprint density at radius 1 is 0.917 bits per heavy atom. The largest absolute Gasteiger partial charge is 0.489 e. The lowest BCUT2D eigenvalue weighted by molar-refractivity contribution is -0.139. The molecule has 0 aromatic heterocycles. The van der Waals surface area contributed by atoms with Crippen LogP contribution >= 0.6 is 0 Å². The van der Waals surface area contributed by atoms with Gasteiger partial charge in [-0.3, -0.25) is 4.79 Å². The lowest BCUT2D eigenvalue weighted by atomic mass is 10.0. The van der Waals surface area contributed by atoms with Crippen LogP contribution in [0.4, 0.5) is 0 Å². The average Bonchev–Trinajstić information content (AvgIpc) is 2.93. The first-order chi connectivity index (χ1) is 17.6. The van der Waals surface area contributed by atoms with Gasteiger partial charge < -0.3 is 14.8 Å². The van der Waals surface area contributed by atoms with E-state index in [0.29, 0.717) is 12.2 Å². The molecule has 36 heavy (non-hydrogen) atoms. The van der Waals surface area contributed by atoms with Crippen LogP contribution in [-0.2, 0) is 16.0 Å². The van der Waals surface area contributed by atoms with Crippen LogP contribution in [0.5, 0.6) is 5.75 Å². The van der Waals surface area contributed by atoms with Crippen LogP contribution in [0.2, 0.25) is 0 Å². The summed E-state index contributed by atoms with van der Waals surface area (Å²) in [4.78, 5) is 25.1. The highest BCUT2D eigenvalue weighted by molar-refractivity contribution is 5.97. The van der Waals surface area contributed by atoms with Crippen LogP contribution in [-0.4, -0.2) is 24.5 Å². The van der Waals surface area contributed by atoms with E-state index in [0.717, 1.165) is 35.3 Å². The first-order valence-corrected chi connectivity index (χ1v) is 11.8. The number of ether oxygens (including phenoxy) is 2. The quantitative estimate of drug-likeness (QED) is 0.330. The topological polar surface area (TPSA) is 88.4 Å². The number of nitriles is 1. The Hall–Kier alpha value is -4.63. The summed E-state index contributed by atoms with van der Waals surface area (Å²) < 4.78 is 10.4. The molecule has 180 valence electrons. The summed E-state index contributed by atoms with van der Waals surface area (Å²) >= 11 is 0. The molecule has 6 heteroatoms. The van der Waals surface area contributed by atoms with Crippen LogP contribution < -0.4 is 10.1 Å². The molecule has 1 N–H and O–H groups in total. The maximum Gasteiger partial charge on any atom is 0.344 e. The molecule has 4 rings (SSSR count). The number of rotatable bonds is 9. The molecule has 1 aliphatic rings. The summed E-state index contributed by atoms with van der Waals surface area (Å²) in [6.45, 7) is 0.548. The van der Waals surface area contributed by atoms with Gasteiger partial charge >= 0.3 is 5.97 Å². The van der Waals surface area contributed by atoms with Crippen molar-refractivity contribution < 1.29 is 19.1 Å². The SMILES string of the molecule is N#COC(=O)C(Cc1ccccc1)NC(=O)c1ccc(-c2ccc(OCC3=CCCC=C3)cc2)cc1. The van der Waals surface area contributed by atoms with Gasteiger partial charge in [-0.1, -0.05) is 72.8 Å². The number of esters is 1. The van der Waals surface area contributed by atoms with E-state index in [4.69, 9.17) is 10.00 Å². The Labute approximate surface area is 210 Å². The lowest BCUT2D eigenvalue weighted by Gasteiger charge is -2.16. The van der Waals surface area contributed by atoms with Crippen LogP contribution in [0.1, 0.15) is 28.8 Å². The fraction of sp³-hybridized carbons (Fsp3) is 0.167. The van der Waals surface area contributed by atoms with Gasteiger partial charge in [-0.25, -0.2) is 4.79 Å². The minimum atomic E-state index is -0.980. The summed E-state index contributed by atoms with van der Waals surface area (Å²) in [5.74, 6) is -0.431. The zero-order valence-electron chi connectivity index (χ0n) is 19.7. The minimum absolute atomic E-state index is 0.215. The highest BCUT2D eigenvalue weighted by Gasteiger charge is 2.23. The van der Waals surface area contributed by atoms with Gasteiger partial charge in [0.05, 0.1) is 0 Å². The molecule has 3 aromatic rings. The van der Waals surface area contributed by atoms with Gasteiger partial charge in [-0.15, -0.1) is 5.26 Å². The first-order valence-electron chi connectivity index (χ1n) is 11.8. The zero-order chi connectivity index (χ0) is 25.2. The van der Waals surface area contributed by atoms with Crippen molar-refractivity contribution >= 4 is 11.9 Å². The molecular weight excluding hydrogens is 452 g/mol. The Kier molecular flexibility index (Phi) is 8.29. The minimum Gasteiger partial charge on any atom is -0.489 e. The van der Waals surface area contributed by atoms with Crippen molar-refractivity contribution in [2.75, 3.05) is 6.61 Å². The zero-order valence-corrected chi connectivity index (χ0v) is 19.7. The number of nitrogens with zero attached hydrogens (tertiary/aromatic N) is 1. The Balaban J connectivity index is 1.38. The standard InChI is InChI=1S/C30H26N2O4/c31-21-36-30(34)28(19-22-7-3-1-4-8-22)32-29(33)26-13-11-24(12-14-26)25-15-17-27(18-16-25)35-20-23-9-5-2-6-10-23/h1,3-5,7-18,28H,2,6,19-20H2,(H,32,33). The summed E-state index contributed by atoms with van der Waals surface area (Å²) in [6.07, 6.45) is 10.2. The van der Waals surface area contributed by atoms with Crippen molar-refractivity contribution in [2.45, 2.75) is 25.3 Å². The summed E-state index contributed by atoms with van der Waals surface area (Å²) in [5, 5.41) is 11.4. The fourth-order valence-electron chi connectivity index (χ4n) is 3.90. The molecule has 1 aliphatic carbocycles. The van der Waals surface area contributed by atoms with E-state index in [1.54, 1.807) is 12.1 Å². The number of carbonyl (C=O) groups is 2. The number of amides is 1. The normalized spacial score (nSPS) is 13.1. The molecule has 1 amide bonds. The molecule has 0 fully saturated rings. The first kappa shape index (κ1) is 24.5. The van der Waals surface area contributed by atoms with Gasteiger partial charge in [0.25, 0.3) is 12.2 Å². The number of nitrogens with one attached hydrogen (secondary N) is 1. The Bertz CT molecular complexity index is 1290. The van der Waals surface area contributed by atoms with Gasteiger partial charge in [0.1, 0.15) is 18.4 Å². The number of benzene rings is 3. The van der Waals surface area contributed by atoms with E-state index >= 15 is 0 Å². The monoisotopic (exact) mass is 478 g/mol. The third-order valence-corrected chi connectivity index (χ3v) is 5.83. The van der Waals surface area contributed by atoms with Crippen LogP contribution in [0.3, 0.4) is 0 Å². The molecule has 6 nitrogen and oxygen atoms in total. The fourth-order valence-corrected chi connectivity index (χ4v) is 3.90. The van der Waals surface area contributed by atoms with E-state index in [1.165, 1.54) is 11.8 Å². The maximum atomic E-state index is 12.8. The van der Waals surface area contributed by atoms with Crippen molar-refractivity contribution in [3.63, 3.8) is 0 Å². The van der Waals surface area contributed by atoms with Gasteiger partial charge in [0.15, 0.2) is 0 Å². The number of allylic oxidation sites excluding steroid dienone is 2. The molecule has 3 aromatic carbocycles. The van der Waals surface area contributed by atoms with Gasteiger partial charge in [0, 0.05) is 12.0 Å². The van der Waals surface area contributed by atoms with Crippen LogP contribution in [0.15, 0.2) is 103 Å². The van der Waals surface area contributed by atoms with Crippen molar-refractivity contribution in [3.05, 3.63) is 114 Å². The van der Waals surface area contributed by atoms with E-state index in [2.05, 4.69) is 28.3 Å². The maximum absolute atomic E-state index is 12.8. The van der Waals surface area contributed by atoms with E-state index in [-0.39, 0.29) is 6.42 Å². The molecule has 0 spiro atoms. The third-order valence-electron chi connectivity index (χ3n) is 5.83. The highest BCUT2D eigenvalue weighted by atomic mass is 16.5. The molecule has 0 saturated heterocycles. The van der Waals surface area contributed by atoms with Gasteiger partial charge in [-0.2, -0.15) is 0 Å². The lowest BCUT2D eigenvalue weighted by Crippen LogP contribution is -2.43. The van der Waals surface area contributed by atoms with E-state index in [9.17, 15) is 9.59 Å². The van der Waals surface area contributed by atoms with Gasteiger partial charge in [-0.05, 0) is 59.4 Å². The van der Waals surface area contributed by atoms with Crippen molar-refractivity contribution in [2.24, 2.45) is 0 Å². The predicted molar refractivity (Wildman–Crippen MR) is 137 cm³/mol. The number of carbonyl (C=O) groups excluding carboxylic acids is 2. The summed E-state index contributed by atoms with van der Waals surface area (Å²) in [7, 11) is 0. The van der Waals surface area contributed by atoms with E-state index < -0.39 is 17.9 Å². The Morgan fingerprint density at radius 3 is 2.25 bits per heavy atom. The molecular formula is C30H26N2O4. The second-order valence-corrected chi connectivity index (χ2v) is 8.38. The molecule has 0 radical (unpaired) electrons. The summed E-state index contributed by atoms with van der Waals surface area (Å²) in [6, 6.07) is 23.2. The number of hydrogen-bond donors (Lipinski definition) is 1. The van der Waals surface area contributed by atoms with E-state index in [1.807, 2.05) is 66.7 Å². The smallest absolute Gasteiger partial charge is 0.344 e.